The highest BCUT2D eigenvalue weighted by atomic mass is 16.1. The number of nitrogens with two attached hydrogens (primary N) is 1. The number of hydrogen-bond donors (Lipinski definition) is 2. The molecule has 3 N–H and O–H groups in total. The minimum atomic E-state index is -0.0849. The molecule has 1 aromatic carbocycles. The van der Waals surface area contributed by atoms with E-state index < -0.39 is 0 Å². The third-order valence-corrected chi connectivity index (χ3v) is 2.64. The lowest BCUT2D eigenvalue weighted by Crippen LogP contribution is -2.29. The molecule has 0 aromatic heterocycles. The largest absolute Gasteiger partial charge is 0.352 e. The highest BCUT2D eigenvalue weighted by Gasteiger charge is 2.04. The Morgan fingerprint density at radius 1 is 1.24 bits per heavy atom. The van der Waals surface area contributed by atoms with Crippen LogP contribution in [0.2, 0.25) is 0 Å². The predicted molar refractivity (Wildman–Crippen MR) is 70.6 cm³/mol. The van der Waals surface area contributed by atoms with Gasteiger partial charge in [-0.25, -0.2) is 0 Å². The van der Waals surface area contributed by atoms with E-state index in [9.17, 15) is 4.79 Å². The normalized spacial score (nSPS) is 12.5. The summed E-state index contributed by atoms with van der Waals surface area (Å²) in [4.78, 5) is 11.4. The van der Waals surface area contributed by atoms with Crippen LogP contribution in [0.3, 0.4) is 0 Å². The number of hydrogen-bond acceptors (Lipinski definition) is 2. The van der Waals surface area contributed by atoms with Crippen LogP contribution in [0.25, 0.3) is 0 Å². The standard InChI is InChI=1S/C14H22N2O/c1-10(2)13-6-4-12(5-7-13)9-16-14(17)8-11(3)15/h4-7,10-11H,8-9,15H2,1-3H3,(H,16,17). The summed E-state index contributed by atoms with van der Waals surface area (Å²) in [5.74, 6) is 0.546. The summed E-state index contributed by atoms with van der Waals surface area (Å²) < 4.78 is 0. The van der Waals surface area contributed by atoms with Crippen molar-refractivity contribution in [2.24, 2.45) is 5.73 Å². The predicted octanol–water partition coefficient (Wildman–Crippen LogP) is 2.16. The van der Waals surface area contributed by atoms with Crippen molar-refractivity contribution in [2.75, 3.05) is 0 Å². The van der Waals surface area contributed by atoms with Crippen LogP contribution in [0.1, 0.15) is 44.2 Å². The Kier molecular flexibility index (Phi) is 5.16. The van der Waals surface area contributed by atoms with Crippen molar-refractivity contribution in [3.05, 3.63) is 35.4 Å². The summed E-state index contributed by atoms with van der Waals surface area (Å²) in [6, 6.07) is 8.25. The Bertz CT molecular complexity index is 355. The molecule has 0 aliphatic carbocycles. The fourth-order valence-corrected chi connectivity index (χ4v) is 1.59. The van der Waals surface area contributed by atoms with Gasteiger partial charge in [-0.15, -0.1) is 0 Å². The van der Waals surface area contributed by atoms with Crippen molar-refractivity contribution in [3.63, 3.8) is 0 Å². The number of benzene rings is 1. The fraction of sp³-hybridized carbons (Fsp3) is 0.500. The van der Waals surface area contributed by atoms with E-state index in [0.29, 0.717) is 18.9 Å². The molecule has 3 nitrogen and oxygen atoms in total. The molecule has 1 aromatic rings. The zero-order valence-electron chi connectivity index (χ0n) is 10.9. The highest BCUT2D eigenvalue weighted by Crippen LogP contribution is 2.14. The first-order valence-corrected chi connectivity index (χ1v) is 6.10. The van der Waals surface area contributed by atoms with Crippen LogP contribution in [-0.2, 0) is 11.3 Å². The number of carbonyl (C=O) groups is 1. The molecule has 0 heterocycles. The van der Waals surface area contributed by atoms with E-state index in [4.69, 9.17) is 5.73 Å². The van der Waals surface area contributed by atoms with E-state index in [1.54, 1.807) is 0 Å². The summed E-state index contributed by atoms with van der Waals surface area (Å²) in [7, 11) is 0. The van der Waals surface area contributed by atoms with Gasteiger partial charge in [-0.3, -0.25) is 4.79 Å². The molecule has 0 saturated heterocycles. The lowest BCUT2D eigenvalue weighted by atomic mass is 10.0. The van der Waals surface area contributed by atoms with Gasteiger partial charge in [0.15, 0.2) is 0 Å². The molecule has 1 rings (SSSR count). The number of amides is 1. The zero-order chi connectivity index (χ0) is 12.8. The molecule has 0 aliphatic heterocycles. The highest BCUT2D eigenvalue weighted by molar-refractivity contribution is 5.76. The average Bonchev–Trinajstić information content (AvgIpc) is 2.26. The van der Waals surface area contributed by atoms with E-state index in [0.717, 1.165) is 5.56 Å². The molecule has 1 atom stereocenters. The Morgan fingerprint density at radius 2 is 1.82 bits per heavy atom. The summed E-state index contributed by atoms with van der Waals surface area (Å²) in [6.07, 6.45) is 0.379. The molecule has 0 radical (unpaired) electrons. The molecule has 0 aliphatic rings. The Labute approximate surface area is 103 Å². The van der Waals surface area contributed by atoms with E-state index in [-0.39, 0.29) is 11.9 Å². The maximum absolute atomic E-state index is 11.4. The molecular weight excluding hydrogens is 212 g/mol. The van der Waals surface area contributed by atoms with Gasteiger partial charge in [0.1, 0.15) is 0 Å². The second kappa shape index (κ2) is 6.40. The SMILES string of the molecule is CC(N)CC(=O)NCc1ccc(C(C)C)cc1. The van der Waals surface area contributed by atoms with Crippen LogP contribution in [0, 0.1) is 0 Å². The number of carbonyl (C=O) groups excluding carboxylic acids is 1. The van der Waals surface area contributed by atoms with Crippen LogP contribution >= 0.6 is 0 Å². The summed E-state index contributed by atoms with van der Waals surface area (Å²) >= 11 is 0. The van der Waals surface area contributed by atoms with Crippen molar-refractivity contribution in [1.29, 1.82) is 0 Å². The molecule has 0 fully saturated rings. The van der Waals surface area contributed by atoms with Crippen LogP contribution < -0.4 is 11.1 Å². The third-order valence-electron chi connectivity index (χ3n) is 2.64. The van der Waals surface area contributed by atoms with Crippen LogP contribution in [0.5, 0.6) is 0 Å². The Morgan fingerprint density at radius 3 is 2.29 bits per heavy atom. The van der Waals surface area contributed by atoms with Crippen molar-refractivity contribution in [1.82, 2.24) is 5.32 Å². The molecule has 3 heteroatoms. The van der Waals surface area contributed by atoms with Gasteiger partial charge in [-0.1, -0.05) is 38.1 Å². The van der Waals surface area contributed by atoms with Gasteiger partial charge in [0.05, 0.1) is 0 Å². The fourth-order valence-electron chi connectivity index (χ4n) is 1.59. The topological polar surface area (TPSA) is 55.1 Å². The Balaban J connectivity index is 2.44. The van der Waals surface area contributed by atoms with Gasteiger partial charge >= 0.3 is 0 Å². The molecule has 0 spiro atoms. The first kappa shape index (κ1) is 13.7. The molecule has 17 heavy (non-hydrogen) atoms. The van der Waals surface area contributed by atoms with Gasteiger partial charge in [-0.2, -0.15) is 0 Å². The van der Waals surface area contributed by atoms with E-state index in [1.165, 1.54) is 5.56 Å². The van der Waals surface area contributed by atoms with Crippen molar-refractivity contribution < 1.29 is 4.79 Å². The average molecular weight is 234 g/mol. The first-order valence-electron chi connectivity index (χ1n) is 6.10. The number of nitrogens with one attached hydrogen (secondary N) is 1. The lowest BCUT2D eigenvalue weighted by Gasteiger charge is -2.09. The van der Waals surface area contributed by atoms with E-state index >= 15 is 0 Å². The quantitative estimate of drug-likeness (QED) is 0.820. The third kappa shape index (κ3) is 5.00. The van der Waals surface area contributed by atoms with E-state index in [1.807, 2.05) is 6.92 Å². The second-order valence-electron chi connectivity index (χ2n) is 4.85. The van der Waals surface area contributed by atoms with E-state index in [2.05, 4.69) is 43.4 Å². The maximum atomic E-state index is 11.4. The monoisotopic (exact) mass is 234 g/mol. The molecule has 0 bridgehead atoms. The van der Waals surface area contributed by atoms with Gasteiger partial charge < -0.3 is 11.1 Å². The van der Waals surface area contributed by atoms with Gasteiger partial charge in [0.2, 0.25) is 5.91 Å². The first-order chi connectivity index (χ1) is 7.99. The second-order valence-corrected chi connectivity index (χ2v) is 4.85. The summed E-state index contributed by atoms with van der Waals surface area (Å²) in [5.41, 5.74) is 7.99. The minimum absolute atomic E-state index is 0.00735. The number of rotatable bonds is 5. The van der Waals surface area contributed by atoms with Crippen LogP contribution in [-0.4, -0.2) is 11.9 Å². The van der Waals surface area contributed by atoms with Crippen LogP contribution in [0.15, 0.2) is 24.3 Å². The van der Waals surface area contributed by atoms with Gasteiger partial charge in [0, 0.05) is 19.0 Å². The summed E-state index contributed by atoms with van der Waals surface area (Å²) in [5, 5.41) is 2.86. The zero-order valence-corrected chi connectivity index (χ0v) is 10.9. The molecule has 94 valence electrons. The lowest BCUT2D eigenvalue weighted by molar-refractivity contribution is -0.121. The van der Waals surface area contributed by atoms with Gasteiger partial charge in [-0.05, 0) is 24.0 Å². The molecule has 0 saturated carbocycles. The molecule has 1 amide bonds. The van der Waals surface area contributed by atoms with Crippen molar-refractivity contribution >= 4 is 5.91 Å². The summed E-state index contributed by atoms with van der Waals surface area (Å²) in [6.45, 7) is 6.74. The Hall–Kier alpha value is -1.35. The molecular formula is C14H22N2O. The molecule has 1 unspecified atom stereocenters. The van der Waals surface area contributed by atoms with Crippen molar-refractivity contribution in [3.8, 4) is 0 Å². The van der Waals surface area contributed by atoms with Crippen molar-refractivity contribution in [2.45, 2.75) is 45.7 Å². The smallest absolute Gasteiger partial charge is 0.221 e. The maximum Gasteiger partial charge on any atom is 0.221 e. The minimum Gasteiger partial charge on any atom is -0.352 e. The van der Waals surface area contributed by atoms with Gasteiger partial charge in [0.25, 0.3) is 0 Å². The van der Waals surface area contributed by atoms with Crippen LogP contribution in [0.4, 0.5) is 0 Å².